The SMILES string of the molecule is CC(=O)N1c2ccccc2[C@H](Nc2ccc(Cl)cn2)[C@@H](C)[C@@H]1C1CC1. The molecule has 1 aromatic heterocycles. The van der Waals surface area contributed by atoms with E-state index >= 15 is 0 Å². The maximum atomic E-state index is 12.4. The van der Waals surface area contributed by atoms with Crippen LogP contribution < -0.4 is 10.2 Å². The number of pyridine rings is 1. The van der Waals surface area contributed by atoms with Crippen molar-refractivity contribution in [1.29, 1.82) is 0 Å². The van der Waals surface area contributed by atoms with Crippen LogP contribution in [0.25, 0.3) is 0 Å². The molecule has 1 aliphatic carbocycles. The summed E-state index contributed by atoms with van der Waals surface area (Å²) in [4.78, 5) is 18.8. The lowest BCUT2D eigenvalue weighted by atomic mass is 9.80. The molecule has 25 heavy (non-hydrogen) atoms. The van der Waals surface area contributed by atoms with Crippen LogP contribution in [-0.2, 0) is 4.79 Å². The summed E-state index contributed by atoms with van der Waals surface area (Å²) >= 11 is 5.96. The highest BCUT2D eigenvalue weighted by molar-refractivity contribution is 6.30. The van der Waals surface area contributed by atoms with E-state index < -0.39 is 0 Å². The molecule has 0 bridgehead atoms. The van der Waals surface area contributed by atoms with Crippen molar-refractivity contribution >= 4 is 29.0 Å². The molecule has 0 unspecified atom stereocenters. The molecule has 0 radical (unpaired) electrons. The lowest BCUT2D eigenvalue weighted by Crippen LogP contribution is -2.51. The molecule has 4 nitrogen and oxygen atoms in total. The predicted molar refractivity (Wildman–Crippen MR) is 101 cm³/mol. The second-order valence-corrected chi connectivity index (χ2v) is 7.56. The summed E-state index contributed by atoms with van der Waals surface area (Å²) < 4.78 is 0. The Morgan fingerprint density at radius 3 is 2.64 bits per heavy atom. The molecule has 1 N–H and O–H groups in total. The summed E-state index contributed by atoms with van der Waals surface area (Å²) in [5.74, 6) is 1.82. The molecule has 2 aliphatic rings. The van der Waals surface area contributed by atoms with Crippen molar-refractivity contribution in [3.63, 3.8) is 0 Å². The molecule has 1 fully saturated rings. The third-order valence-electron chi connectivity index (χ3n) is 5.37. The molecule has 5 heteroatoms. The summed E-state index contributed by atoms with van der Waals surface area (Å²) in [6.45, 7) is 3.91. The van der Waals surface area contributed by atoms with Crippen molar-refractivity contribution in [3.8, 4) is 0 Å². The predicted octanol–water partition coefficient (Wildman–Crippen LogP) is 4.67. The highest BCUT2D eigenvalue weighted by atomic mass is 35.5. The van der Waals surface area contributed by atoms with Gasteiger partial charge in [0.25, 0.3) is 0 Å². The third-order valence-corrected chi connectivity index (χ3v) is 5.59. The number of nitrogens with one attached hydrogen (secondary N) is 1. The Hall–Kier alpha value is -2.07. The fraction of sp³-hybridized carbons (Fsp3) is 0.400. The van der Waals surface area contributed by atoms with Gasteiger partial charge in [-0.1, -0.05) is 36.7 Å². The van der Waals surface area contributed by atoms with Gasteiger partial charge in [0.2, 0.25) is 5.91 Å². The number of benzene rings is 1. The molecule has 1 aliphatic heterocycles. The van der Waals surface area contributed by atoms with Crippen LogP contribution in [0, 0.1) is 11.8 Å². The molecular formula is C20H22ClN3O. The number of carbonyl (C=O) groups excluding carboxylic acids is 1. The van der Waals surface area contributed by atoms with E-state index in [4.69, 9.17) is 11.6 Å². The first-order chi connectivity index (χ1) is 12.1. The highest BCUT2D eigenvalue weighted by Gasteiger charge is 2.47. The molecule has 2 heterocycles. The fourth-order valence-corrected chi connectivity index (χ4v) is 4.24. The monoisotopic (exact) mass is 355 g/mol. The van der Waals surface area contributed by atoms with Crippen LogP contribution in [0.15, 0.2) is 42.6 Å². The average molecular weight is 356 g/mol. The van der Waals surface area contributed by atoms with Crippen molar-refractivity contribution in [2.24, 2.45) is 11.8 Å². The van der Waals surface area contributed by atoms with Gasteiger partial charge < -0.3 is 10.2 Å². The van der Waals surface area contributed by atoms with Crippen LogP contribution in [0.4, 0.5) is 11.5 Å². The quantitative estimate of drug-likeness (QED) is 0.870. The van der Waals surface area contributed by atoms with Gasteiger partial charge in [-0.2, -0.15) is 0 Å². The van der Waals surface area contributed by atoms with Crippen LogP contribution >= 0.6 is 11.6 Å². The molecule has 1 aromatic carbocycles. The van der Waals surface area contributed by atoms with Crippen LogP contribution in [0.2, 0.25) is 5.02 Å². The minimum Gasteiger partial charge on any atom is -0.363 e. The van der Waals surface area contributed by atoms with Gasteiger partial charge in [0.1, 0.15) is 5.82 Å². The topological polar surface area (TPSA) is 45.2 Å². The van der Waals surface area contributed by atoms with Gasteiger partial charge in [-0.25, -0.2) is 4.98 Å². The Balaban J connectivity index is 1.76. The summed E-state index contributed by atoms with van der Waals surface area (Å²) in [7, 11) is 0. The third kappa shape index (κ3) is 2.99. The number of carbonyl (C=O) groups is 1. The molecule has 130 valence electrons. The van der Waals surface area contributed by atoms with Crippen molar-refractivity contribution in [3.05, 3.63) is 53.2 Å². The number of amides is 1. The Labute approximate surface area is 153 Å². The number of hydrogen-bond donors (Lipinski definition) is 1. The lowest BCUT2D eigenvalue weighted by Gasteiger charge is -2.45. The average Bonchev–Trinajstić information content (AvgIpc) is 3.43. The molecule has 1 saturated carbocycles. The summed E-state index contributed by atoms with van der Waals surface area (Å²) in [5, 5.41) is 4.20. The normalized spacial score (nSPS) is 25.4. The van der Waals surface area contributed by atoms with Crippen molar-refractivity contribution in [1.82, 2.24) is 4.98 Å². The van der Waals surface area contributed by atoms with Crippen LogP contribution in [0.1, 0.15) is 38.3 Å². The zero-order chi connectivity index (χ0) is 17.6. The lowest BCUT2D eigenvalue weighted by molar-refractivity contribution is -0.117. The van der Waals surface area contributed by atoms with Gasteiger partial charge in [0.15, 0.2) is 0 Å². The number of fused-ring (bicyclic) bond motifs is 1. The van der Waals surface area contributed by atoms with E-state index in [0.717, 1.165) is 17.1 Å². The number of aromatic nitrogens is 1. The Bertz CT molecular complexity index is 788. The largest absolute Gasteiger partial charge is 0.363 e. The Kier molecular flexibility index (Phi) is 4.16. The van der Waals surface area contributed by atoms with Gasteiger partial charge in [-0.05, 0) is 42.5 Å². The van der Waals surface area contributed by atoms with Crippen LogP contribution in [-0.4, -0.2) is 16.9 Å². The second-order valence-electron chi connectivity index (χ2n) is 7.12. The standard InChI is InChI=1S/C20H22ClN3O/c1-12-19(23-18-10-9-15(21)11-22-18)16-5-3-4-6-17(16)24(13(2)25)20(12)14-7-8-14/h3-6,9-12,14,19-20H,7-8H2,1-2H3,(H,22,23)/t12-,19-,20-/m1/s1. The zero-order valence-corrected chi connectivity index (χ0v) is 15.2. The maximum Gasteiger partial charge on any atom is 0.224 e. The van der Waals surface area contributed by atoms with Crippen molar-refractivity contribution in [2.45, 2.75) is 38.8 Å². The number of hydrogen-bond acceptors (Lipinski definition) is 3. The smallest absolute Gasteiger partial charge is 0.224 e. The Morgan fingerprint density at radius 1 is 1.24 bits per heavy atom. The minimum atomic E-state index is 0.117. The number of halogens is 1. The van der Waals surface area contributed by atoms with E-state index in [2.05, 4.69) is 29.4 Å². The molecule has 0 saturated heterocycles. The van der Waals surface area contributed by atoms with E-state index in [-0.39, 0.29) is 18.0 Å². The number of nitrogens with zero attached hydrogens (tertiary/aromatic N) is 2. The molecular weight excluding hydrogens is 334 g/mol. The van der Waals surface area contributed by atoms with Crippen LogP contribution in [0.5, 0.6) is 0 Å². The number of para-hydroxylation sites is 1. The first-order valence-corrected chi connectivity index (χ1v) is 9.21. The molecule has 4 rings (SSSR count). The summed E-state index contributed by atoms with van der Waals surface area (Å²) in [6, 6.07) is 12.3. The number of anilines is 2. The second kappa shape index (κ2) is 6.34. The van der Waals surface area contributed by atoms with E-state index in [1.165, 1.54) is 12.8 Å². The van der Waals surface area contributed by atoms with Crippen molar-refractivity contribution < 1.29 is 4.79 Å². The van der Waals surface area contributed by atoms with E-state index in [9.17, 15) is 4.79 Å². The summed E-state index contributed by atoms with van der Waals surface area (Å²) in [6.07, 6.45) is 4.06. The van der Waals surface area contributed by atoms with Gasteiger partial charge in [0.05, 0.1) is 11.1 Å². The van der Waals surface area contributed by atoms with Gasteiger partial charge in [0, 0.05) is 30.8 Å². The molecule has 0 spiro atoms. The fourth-order valence-electron chi connectivity index (χ4n) is 4.13. The highest BCUT2D eigenvalue weighted by Crippen LogP contribution is 2.49. The first-order valence-electron chi connectivity index (χ1n) is 8.83. The Morgan fingerprint density at radius 2 is 2.00 bits per heavy atom. The molecule has 2 aromatic rings. The number of rotatable bonds is 3. The summed E-state index contributed by atoms with van der Waals surface area (Å²) in [5.41, 5.74) is 2.18. The van der Waals surface area contributed by atoms with E-state index in [0.29, 0.717) is 16.9 Å². The van der Waals surface area contributed by atoms with E-state index in [1.54, 1.807) is 13.1 Å². The van der Waals surface area contributed by atoms with Crippen molar-refractivity contribution in [2.75, 3.05) is 10.2 Å². The zero-order valence-electron chi connectivity index (χ0n) is 14.4. The minimum absolute atomic E-state index is 0.117. The van der Waals surface area contributed by atoms with Gasteiger partial charge in [-0.3, -0.25) is 4.79 Å². The van der Waals surface area contributed by atoms with Crippen LogP contribution in [0.3, 0.4) is 0 Å². The van der Waals surface area contributed by atoms with Gasteiger partial charge in [-0.15, -0.1) is 0 Å². The first kappa shape index (κ1) is 16.4. The molecule has 1 amide bonds. The molecule has 3 atom stereocenters. The van der Waals surface area contributed by atoms with E-state index in [1.807, 2.05) is 29.2 Å². The maximum absolute atomic E-state index is 12.4. The van der Waals surface area contributed by atoms with Gasteiger partial charge >= 0.3 is 0 Å².